The predicted octanol–water partition coefficient (Wildman–Crippen LogP) is 3.14. The van der Waals surface area contributed by atoms with Crippen molar-refractivity contribution in [3.05, 3.63) is 35.4 Å². The summed E-state index contributed by atoms with van der Waals surface area (Å²) in [4.78, 5) is 11.4. The molecule has 3 heteroatoms. The highest BCUT2D eigenvalue weighted by molar-refractivity contribution is 5.93. The molecule has 108 valence electrons. The second kappa shape index (κ2) is 7.72. The van der Waals surface area contributed by atoms with Crippen molar-refractivity contribution in [2.24, 2.45) is 0 Å². The van der Waals surface area contributed by atoms with Gasteiger partial charge in [-0.1, -0.05) is 24.5 Å². The van der Waals surface area contributed by atoms with Gasteiger partial charge in [-0.15, -0.1) is 5.92 Å². The molecule has 0 radical (unpaired) electrons. The van der Waals surface area contributed by atoms with Gasteiger partial charge < -0.3 is 10.1 Å². The van der Waals surface area contributed by atoms with Crippen molar-refractivity contribution in [1.82, 2.24) is 5.32 Å². The molecule has 0 aliphatic heterocycles. The molecule has 0 saturated carbocycles. The standard InChI is InChI=1S/C17H21NO2.H2/c1-18-17(19)15-11-9-14(10-12-15)13-20-16-7-5-3-2-4-6-8-16;/h9-12,16H,2-5,7,13H2,1H3,(H,18,19);1H. The van der Waals surface area contributed by atoms with E-state index in [1.807, 2.05) is 24.3 Å². The molecular weight excluding hydrogens is 250 g/mol. The largest absolute Gasteiger partial charge is 0.361 e. The van der Waals surface area contributed by atoms with Crippen LogP contribution in [0.15, 0.2) is 24.3 Å². The van der Waals surface area contributed by atoms with Crippen LogP contribution in [0.5, 0.6) is 0 Å². The SMILES string of the molecule is CNC(=O)c1ccc(COC2C#CCCCCC2)cc1.[HH]. The molecule has 1 N–H and O–H groups in total. The molecule has 0 aromatic heterocycles. The number of hydrogen-bond donors (Lipinski definition) is 1. The van der Waals surface area contributed by atoms with Gasteiger partial charge in [0.15, 0.2) is 0 Å². The number of carbonyl (C=O) groups is 1. The van der Waals surface area contributed by atoms with Crippen LogP contribution < -0.4 is 5.32 Å². The molecule has 1 unspecified atom stereocenters. The van der Waals surface area contributed by atoms with Crippen molar-refractivity contribution < 1.29 is 11.0 Å². The lowest BCUT2D eigenvalue weighted by atomic mass is 10.1. The van der Waals surface area contributed by atoms with Crippen LogP contribution in [0, 0.1) is 11.8 Å². The first kappa shape index (κ1) is 14.6. The summed E-state index contributed by atoms with van der Waals surface area (Å²) in [5.41, 5.74) is 1.74. The van der Waals surface area contributed by atoms with Gasteiger partial charge in [-0.3, -0.25) is 4.79 Å². The van der Waals surface area contributed by atoms with Gasteiger partial charge in [-0.2, -0.15) is 0 Å². The van der Waals surface area contributed by atoms with E-state index in [-0.39, 0.29) is 13.4 Å². The van der Waals surface area contributed by atoms with E-state index in [0.717, 1.165) is 18.4 Å². The zero-order valence-electron chi connectivity index (χ0n) is 11.9. The monoisotopic (exact) mass is 273 g/mol. The minimum atomic E-state index is -0.0663. The van der Waals surface area contributed by atoms with Crippen molar-refractivity contribution in [2.75, 3.05) is 7.05 Å². The highest BCUT2D eigenvalue weighted by atomic mass is 16.5. The second-order valence-corrected chi connectivity index (χ2v) is 5.00. The third-order valence-electron chi connectivity index (χ3n) is 3.43. The molecule has 1 aliphatic rings. The Balaban J connectivity index is 0.00000220. The molecule has 1 aromatic carbocycles. The number of hydrogen-bond acceptors (Lipinski definition) is 2. The fourth-order valence-corrected chi connectivity index (χ4v) is 2.20. The molecule has 1 aliphatic carbocycles. The first-order valence-electron chi connectivity index (χ1n) is 7.20. The van der Waals surface area contributed by atoms with Crippen molar-refractivity contribution in [2.45, 2.75) is 44.8 Å². The lowest BCUT2D eigenvalue weighted by molar-refractivity contribution is 0.0704. The third-order valence-corrected chi connectivity index (χ3v) is 3.43. The van der Waals surface area contributed by atoms with Gasteiger partial charge in [0.05, 0.1) is 6.61 Å². The van der Waals surface area contributed by atoms with Gasteiger partial charge in [-0.25, -0.2) is 0 Å². The number of carbonyl (C=O) groups excluding carboxylic acids is 1. The van der Waals surface area contributed by atoms with Crippen LogP contribution in [0.1, 0.15) is 49.5 Å². The van der Waals surface area contributed by atoms with E-state index >= 15 is 0 Å². The normalized spacial score (nSPS) is 18.4. The summed E-state index contributed by atoms with van der Waals surface area (Å²) in [6.45, 7) is 0.549. The summed E-state index contributed by atoms with van der Waals surface area (Å²) < 4.78 is 5.86. The Bertz CT molecular complexity index is 502. The number of rotatable bonds is 4. The van der Waals surface area contributed by atoms with Crippen LogP contribution >= 0.6 is 0 Å². The van der Waals surface area contributed by atoms with Crippen LogP contribution in [-0.2, 0) is 11.3 Å². The molecule has 3 nitrogen and oxygen atoms in total. The van der Waals surface area contributed by atoms with E-state index in [2.05, 4.69) is 17.2 Å². The lowest BCUT2D eigenvalue weighted by Crippen LogP contribution is -2.17. The minimum absolute atomic E-state index is 0. The number of amides is 1. The van der Waals surface area contributed by atoms with Crippen LogP contribution in [0.4, 0.5) is 0 Å². The number of nitrogens with one attached hydrogen (secondary N) is 1. The maximum Gasteiger partial charge on any atom is 0.251 e. The Labute approximate surface area is 122 Å². The average Bonchev–Trinajstić information content (AvgIpc) is 2.46. The number of ether oxygens (including phenoxy) is 1. The van der Waals surface area contributed by atoms with E-state index in [9.17, 15) is 4.79 Å². The summed E-state index contributed by atoms with van der Waals surface area (Å²) in [5.74, 6) is 6.31. The molecular formula is C17H23NO2. The van der Waals surface area contributed by atoms with Crippen LogP contribution in [0.25, 0.3) is 0 Å². The van der Waals surface area contributed by atoms with Gasteiger partial charge >= 0.3 is 0 Å². The fraction of sp³-hybridized carbons (Fsp3) is 0.471. The minimum Gasteiger partial charge on any atom is -0.361 e. The van der Waals surface area contributed by atoms with Gasteiger partial charge in [0.2, 0.25) is 0 Å². The smallest absolute Gasteiger partial charge is 0.251 e. The first-order chi connectivity index (χ1) is 9.79. The van der Waals surface area contributed by atoms with E-state index in [4.69, 9.17) is 4.74 Å². The highest BCUT2D eigenvalue weighted by Crippen LogP contribution is 2.13. The maximum absolute atomic E-state index is 11.4. The summed E-state index contributed by atoms with van der Waals surface area (Å²) in [6, 6.07) is 7.50. The molecule has 0 spiro atoms. The highest BCUT2D eigenvalue weighted by Gasteiger charge is 2.08. The molecule has 1 aromatic rings. The van der Waals surface area contributed by atoms with E-state index in [0.29, 0.717) is 12.2 Å². The van der Waals surface area contributed by atoms with Gasteiger partial charge in [0.25, 0.3) is 5.91 Å². The zero-order valence-corrected chi connectivity index (χ0v) is 11.9. The van der Waals surface area contributed by atoms with Crippen LogP contribution in [0.2, 0.25) is 0 Å². The summed E-state index contributed by atoms with van der Waals surface area (Å²) in [5, 5.41) is 2.61. The quantitative estimate of drug-likeness (QED) is 0.856. The Hall–Kier alpha value is -1.79. The topological polar surface area (TPSA) is 38.3 Å². The fourth-order valence-electron chi connectivity index (χ4n) is 2.20. The molecule has 0 bridgehead atoms. The van der Waals surface area contributed by atoms with Gasteiger partial charge in [0, 0.05) is 20.5 Å². The first-order valence-corrected chi connectivity index (χ1v) is 7.20. The molecule has 0 heterocycles. The third kappa shape index (κ3) is 4.40. The summed E-state index contributed by atoms with van der Waals surface area (Å²) in [7, 11) is 1.63. The predicted molar refractivity (Wildman–Crippen MR) is 81.4 cm³/mol. The summed E-state index contributed by atoms with van der Waals surface area (Å²) >= 11 is 0. The van der Waals surface area contributed by atoms with Crippen molar-refractivity contribution in [3.63, 3.8) is 0 Å². The maximum atomic E-state index is 11.4. The number of benzene rings is 1. The van der Waals surface area contributed by atoms with Gasteiger partial charge in [-0.05, 0) is 37.0 Å². The summed E-state index contributed by atoms with van der Waals surface area (Å²) in [6.07, 6.45) is 5.70. The molecule has 0 saturated heterocycles. The Morgan fingerprint density at radius 3 is 2.90 bits per heavy atom. The van der Waals surface area contributed by atoms with E-state index < -0.39 is 0 Å². The molecule has 0 fully saturated rings. The second-order valence-electron chi connectivity index (χ2n) is 5.00. The van der Waals surface area contributed by atoms with Crippen molar-refractivity contribution >= 4 is 5.91 Å². The van der Waals surface area contributed by atoms with Gasteiger partial charge in [0.1, 0.15) is 6.10 Å². The molecule has 1 atom stereocenters. The van der Waals surface area contributed by atoms with Crippen molar-refractivity contribution in [1.29, 1.82) is 0 Å². The molecule has 20 heavy (non-hydrogen) atoms. The Kier molecular flexibility index (Phi) is 5.64. The van der Waals surface area contributed by atoms with Crippen LogP contribution in [0.3, 0.4) is 0 Å². The Morgan fingerprint density at radius 1 is 1.35 bits per heavy atom. The molecule has 2 rings (SSSR count). The van der Waals surface area contributed by atoms with E-state index in [1.54, 1.807) is 7.05 Å². The lowest BCUT2D eigenvalue weighted by Gasteiger charge is -2.14. The van der Waals surface area contributed by atoms with Crippen LogP contribution in [-0.4, -0.2) is 19.1 Å². The van der Waals surface area contributed by atoms with Crippen molar-refractivity contribution in [3.8, 4) is 11.8 Å². The van der Waals surface area contributed by atoms with E-state index in [1.165, 1.54) is 19.3 Å². The molecule has 1 amide bonds. The Morgan fingerprint density at radius 2 is 2.15 bits per heavy atom. The average molecular weight is 273 g/mol. The zero-order chi connectivity index (χ0) is 14.2.